The molecule has 0 fully saturated rings. The van der Waals surface area contributed by atoms with E-state index in [0.717, 1.165) is 6.07 Å². The molecule has 0 saturated carbocycles. The average Bonchev–Trinajstić information content (AvgIpc) is 2.60. The summed E-state index contributed by atoms with van der Waals surface area (Å²) in [5, 5.41) is 8.34. The number of nitrogens with zero attached hydrogens (tertiary/aromatic N) is 4. The fourth-order valence-corrected chi connectivity index (χ4v) is 3.15. The highest BCUT2D eigenvalue weighted by atomic mass is 19.2. The summed E-state index contributed by atoms with van der Waals surface area (Å²) in [5.41, 5.74) is 1.99. The Labute approximate surface area is 143 Å². The second-order valence-electron chi connectivity index (χ2n) is 6.78. The molecule has 1 aromatic heterocycles. The third-order valence-corrected chi connectivity index (χ3v) is 4.85. The van der Waals surface area contributed by atoms with Gasteiger partial charge in [0.2, 0.25) is 5.82 Å². The van der Waals surface area contributed by atoms with Gasteiger partial charge in [0.05, 0.1) is 11.1 Å². The topological polar surface area (TPSA) is 51.0 Å². The zero-order valence-electron chi connectivity index (χ0n) is 14.1. The molecule has 126 valence electrons. The maximum absolute atomic E-state index is 14.5. The smallest absolute Gasteiger partial charge is 0.201 e. The molecule has 4 rings (SSSR count). The van der Waals surface area contributed by atoms with E-state index >= 15 is 0 Å². The van der Waals surface area contributed by atoms with Crippen LogP contribution in [-0.2, 0) is 0 Å². The second kappa shape index (κ2) is 5.37. The van der Waals surface area contributed by atoms with Crippen molar-refractivity contribution in [3.05, 3.63) is 65.0 Å². The fourth-order valence-electron chi connectivity index (χ4n) is 3.15. The Bertz CT molecular complexity index is 1030. The van der Waals surface area contributed by atoms with Gasteiger partial charge in [-0.05, 0) is 38.1 Å². The number of halogens is 2. The van der Waals surface area contributed by atoms with Crippen LogP contribution < -0.4 is 0 Å². The van der Waals surface area contributed by atoms with Gasteiger partial charge >= 0.3 is 0 Å². The number of aromatic nitrogens is 3. The van der Waals surface area contributed by atoms with Crippen molar-refractivity contribution in [3.8, 4) is 0 Å². The standard InChI is InChI=1S/C19H16F2N4/c1-10-15-11(8-9-12(20)16(15)21)17(23-19(10,2)3)18-22-13-6-4-5-7-14(13)24-25-18/h4-10H,1-3H3. The Morgan fingerprint density at radius 2 is 1.68 bits per heavy atom. The zero-order chi connectivity index (χ0) is 17.8. The molecule has 4 nitrogen and oxygen atoms in total. The van der Waals surface area contributed by atoms with E-state index in [1.807, 2.05) is 45.0 Å². The lowest BCUT2D eigenvalue weighted by molar-refractivity contribution is 0.405. The minimum Gasteiger partial charge on any atom is -0.274 e. The van der Waals surface area contributed by atoms with Crippen molar-refractivity contribution in [2.75, 3.05) is 0 Å². The first-order valence-corrected chi connectivity index (χ1v) is 8.06. The molecule has 0 amide bonds. The highest BCUT2D eigenvalue weighted by molar-refractivity contribution is 6.13. The molecule has 1 atom stereocenters. The molecule has 1 aliphatic heterocycles. The molecule has 25 heavy (non-hydrogen) atoms. The van der Waals surface area contributed by atoms with Gasteiger partial charge in [-0.1, -0.05) is 19.1 Å². The average molecular weight is 338 g/mol. The Morgan fingerprint density at radius 3 is 2.44 bits per heavy atom. The minimum atomic E-state index is -0.861. The molecule has 0 bridgehead atoms. The van der Waals surface area contributed by atoms with Crippen molar-refractivity contribution in [2.45, 2.75) is 32.2 Å². The molecule has 0 radical (unpaired) electrons. The first kappa shape index (κ1) is 15.7. The van der Waals surface area contributed by atoms with Crippen LogP contribution in [0.4, 0.5) is 8.78 Å². The number of rotatable bonds is 1. The van der Waals surface area contributed by atoms with Crippen LogP contribution in [0, 0.1) is 11.6 Å². The number of benzene rings is 2. The molecule has 1 unspecified atom stereocenters. The zero-order valence-corrected chi connectivity index (χ0v) is 14.1. The molecular formula is C19H16F2N4. The van der Waals surface area contributed by atoms with Crippen LogP contribution in [0.15, 0.2) is 41.4 Å². The van der Waals surface area contributed by atoms with Crippen LogP contribution in [0.3, 0.4) is 0 Å². The second-order valence-corrected chi connectivity index (χ2v) is 6.78. The molecule has 0 aliphatic carbocycles. The molecule has 0 saturated heterocycles. The van der Waals surface area contributed by atoms with Crippen molar-refractivity contribution >= 4 is 16.7 Å². The van der Waals surface area contributed by atoms with E-state index < -0.39 is 17.2 Å². The van der Waals surface area contributed by atoms with Crippen molar-refractivity contribution in [1.82, 2.24) is 15.2 Å². The van der Waals surface area contributed by atoms with Gasteiger partial charge in [-0.15, -0.1) is 10.2 Å². The van der Waals surface area contributed by atoms with Crippen LogP contribution in [0.1, 0.15) is 43.6 Å². The Kier molecular flexibility index (Phi) is 3.39. The van der Waals surface area contributed by atoms with E-state index in [2.05, 4.69) is 15.2 Å². The lowest BCUT2D eigenvalue weighted by Crippen LogP contribution is -2.34. The number of hydrogen-bond donors (Lipinski definition) is 0. The third kappa shape index (κ3) is 2.40. The van der Waals surface area contributed by atoms with Crippen molar-refractivity contribution in [2.24, 2.45) is 4.99 Å². The highest BCUT2D eigenvalue weighted by Crippen LogP contribution is 2.40. The van der Waals surface area contributed by atoms with E-state index in [4.69, 9.17) is 4.99 Å². The van der Waals surface area contributed by atoms with Crippen molar-refractivity contribution in [1.29, 1.82) is 0 Å². The molecule has 2 heterocycles. The summed E-state index contributed by atoms with van der Waals surface area (Å²) < 4.78 is 28.3. The Hall–Kier alpha value is -2.76. The third-order valence-electron chi connectivity index (χ3n) is 4.85. The summed E-state index contributed by atoms with van der Waals surface area (Å²) in [7, 11) is 0. The van der Waals surface area contributed by atoms with E-state index in [-0.39, 0.29) is 5.92 Å². The monoisotopic (exact) mass is 338 g/mol. The van der Waals surface area contributed by atoms with E-state index in [0.29, 0.717) is 33.7 Å². The van der Waals surface area contributed by atoms with Gasteiger partial charge in [-0.2, -0.15) is 0 Å². The van der Waals surface area contributed by atoms with Crippen molar-refractivity contribution < 1.29 is 8.78 Å². The molecule has 1 aliphatic rings. The van der Waals surface area contributed by atoms with Crippen LogP contribution >= 0.6 is 0 Å². The molecule has 0 N–H and O–H groups in total. The molecule has 0 spiro atoms. The highest BCUT2D eigenvalue weighted by Gasteiger charge is 2.38. The first-order valence-electron chi connectivity index (χ1n) is 8.06. The van der Waals surface area contributed by atoms with Gasteiger partial charge in [0.25, 0.3) is 0 Å². The molecule has 2 aromatic carbocycles. The summed E-state index contributed by atoms with van der Waals surface area (Å²) in [5.74, 6) is -1.67. The molecule has 3 aromatic rings. The summed E-state index contributed by atoms with van der Waals surface area (Å²) in [6.07, 6.45) is 0. The van der Waals surface area contributed by atoms with Gasteiger partial charge < -0.3 is 0 Å². The van der Waals surface area contributed by atoms with E-state index in [1.54, 1.807) is 0 Å². The van der Waals surface area contributed by atoms with Crippen LogP contribution in [0.25, 0.3) is 11.0 Å². The SMILES string of the molecule is CC1c2c(ccc(F)c2F)C(c2nnc3ccccc3n2)=NC1(C)C. The quantitative estimate of drug-likeness (QED) is 0.673. The van der Waals surface area contributed by atoms with Crippen LogP contribution in [0.5, 0.6) is 0 Å². The fraction of sp³-hybridized carbons (Fsp3) is 0.263. The lowest BCUT2D eigenvalue weighted by atomic mass is 9.77. The summed E-state index contributed by atoms with van der Waals surface area (Å²) >= 11 is 0. The maximum Gasteiger partial charge on any atom is 0.201 e. The van der Waals surface area contributed by atoms with E-state index in [9.17, 15) is 8.78 Å². The van der Waals surface area contributed by atoms with Gasteiger partial charge in [0.1, 0.15) is 11.2 Å². The summed E-state index contributed by atoms with van der Waals surface area (Å²) in [4.78, 5) is 9.27. The van der Waals surface area contributed by atoms with Gasteiger partial charge in [0, 0.05) is 17.0 Å². The van der Waals surface area contributed by atoms with Crippen LogP contribution in [0.2, 0.25) is 0 Å². The normalized spacial score (nSPS) is 18.8. The Morgan fingerprint density at radius 1 is 0.960 bits per heavy atom. The number of fused-ring (bicyclic) bond motifs is 2. The molecular weight excluding hydrogens is 322 g/mol. The maximum atomic E-state index is 14.5. The molecule has 6 heteroatoms. The lowest BCUT2D eigenvalue weighted by Gasteiger charge is -2.35. The predicted octanol–water partition coefficient (Wildman–Crippen LogP) is 4.04. The first-order chi connectivity index (χ1) is 11.9. The van der Waals surface area contributed by atoms with Crippen LogP contribution in [-0.4, -0.2) is 26.4 Å². The number of para-hydroxylation sites is 1. The number of hydrogen-bond acceptors (Lipinski definition) is 4. The number of aliphatic imine (C=N–C) groups is 1. The largest absolute Gasteiger partial charge is 0.274 e. The van der Waals surface area contributed by atoms with Gasteiger partial charge in [0.15, 0.2) is 11.6 Å². The van der Waals surface area contributed by atoms with E-state index in [1.165, 1.54) is 6.07 Å². The van der Waals surface area contributed by atoms with Gasteiger partial charge in [-0.25, -0.2) is 13.8 Å². The van der Waals surface area contributed by atoms with Crippen molar-refractivity contribution in [3.63, 3.8) is 0 Å². The summed E-state index contributed by atoms with van der Waals surface area (Å²) in [6, 6.07) is 10.0. The predicted molar refractivity (Wildman–Crippen MR) is 91.8 cm³/mol. The minimum absolute atomic E-state index is 0.282. The Balaban J connectivity index is 1.98. The van der Waals surface area contributed by atoms with Gasteiger partial charge in [-0.3, -0.25) is 4.99 Å². The summed E-state index contributed by atoms with van der Waals surface area (Å²) in [6.45, 7) is 5.62.